The first-order valence-electron chi connectivity index (χ1n) is 5.59. The fraction of sp³-hybridized carbons (Fsp3) is 0.818. The van der Waals surface area contributed by atoms with Gasteiger partial charge >= 0.3 is 6.18 Å². The molecule has 0 fully saturated rings. The van der Waals surface area contributed by atoms with Gasteiger partial charge in [-0.1, -0.05) is 38.5 Å². The second-order valence-electron chi connectivity index (χ2n) is 4.16. The molecular formula is C11H20BF3. The van der Waals surface area contributed by atoms with E-state index in [1.807, 2.05) is 12.9 Å². The topological polar surface area (TPSA) is 0 Å². The molecule has 15 heavy (non-hydrogen) atoms. The minimum atomic E-state index is -4.03. The number of halogens is 3. The Labute approximate surface area is 91.2 Å². The van der Waals surface area contributed by atoms with Gasteiger partial charge in [0.05, 0.1) is 5.92 Å². The highest BCUT2D eigenvalue weighted by Gasteiger charge is 2.35. The number of allylic oxidation sites excluding steroid dienone is 1. The zero-order valence-electron chi connectivity index (χ0n) is 9.61. The first-order chi connectivity index (χ1) is 6.91. The van der Waals surface area contributed by atoms with E-state index in [1.54, 1.807) is 0 Å². The van der Waals surface area contributed by atoms with Crippen molar-refractivity contribution in [3.05, 3.63) is 12.7 Å². The minimum Gasteiger partial charge on any atom is -0.171 e. The van der Waals surface area contributed by atoms with Crippen LogP contribution in [0.15, 0.2) is 12.7 Å². The van der Waals surface area contributed by atoms with Gasteiger partial charge in [-0.15, -0.1) is 6.58 Å². The fourth-order valence-electron chi connectivity index (χ4n) is 1.56. The lowest BCUT2D eigenvalue weighted by atomic mass is 9.62. The van der Waals surface area contributed by atoms with Gasteiger partial charge in [-0.2, -0.15) is 13.2 Å². The van der Waals surface area contributed by atoms with E-state index >= 15 is 0 Å². The Balaban J connectivity index is 3.84. The van der Waals surface area contributed by atoms with Crippen molar-refractivity contribution < 1.29 is 13.2 Å². The Hall–Kier alpha value is -0.405. The Morgan fingerprint density at radius 1 is 1.27 bits per heavy atom. The van der Waals surface area contributed by atoms with Crippen LogP contribution < -0.4 is 0 Å². The van der Waals surface area contributed by atoms with E-state index in [-0.39, 0.29) is 6.42 Å². The summed E-state index contributed by atoms with van der Waals surface area (Å²) >= 11 is 0. The summed E-state index contributed by atoms with van der Waals surface area (Å²) in [7, 11) is 0.957. The van der Waals surface area contributed by atoms with E-state index in [9.17, 15) is 13.2 Å². The lowest BCUT2D eigenvalue weighted by Crippen LogP contribution is -2.20. The molecule has 0 N–H and O–H groups in total. The highest BCUT2D eigenvalue weighted by atomic mass is 19.4. The average Bonchev–Trinajstić information content (AvgIpc) is 2.16. The molecule has 0 nitrogen and oxygen atoms in total. The Kier molecular flexibility index (Phi) is 6.78. The van der Waals surface area contributed by atoms with Crippen molar-refractivity contribution in [1.82, 2.24) is 0 Å². The van der Waals surface area contributed by atoms with Crippen molar-refractivity contribution in [3.8, 4) is 0 Å². The molecule has 0 aromatic rings. The van der Waals surface area contributed by atoms with E-state index in [0.717, 1.165) is 20.1 Å². The van der Waals surface area contributed by atoms with Crippen LogP contribution in [-0.2, 0) is 0 Å². The van der Waals surface area contributed by atoms with Gasteiger partial charge < -0.3 is 0 Å². The second kappa shape index (κ2) is 6.97. The van der Waals surface area contributed by atoms with Gasteiger partial charge in [0, 0.05) is 0 Å². The highest BCUT2D eigenvalue weighted by molar-refractivity contribution is 6.35. The summed E-state index contributed by atoms with van der Waals surface area (Å²) in [4.78, 5) is 0. The van der Waals surface area contributed by atoms with Gasteiger partial charge in [0.2, 0.25) is 0 Å². The van der Waals surface area contributed by atoms with Gasteiger partial charge in [-0.3, -0.25) is 0 Å². The van der Waals surface area contributed by atoms with Crippen molar-refractivity contribution in [2.24, 2.45) is 5.92 Å². The van der Waals surface area contributed by atoms with E-state index in [4.69, 9.17) is 0 Å². The smallest absolute Gasteiger partial charge is 0.171 e. The SMILES string of the molecule is C=CCCC(BC)CC[C@@H](C)C(F)(F)F. The summed E-state index contributed by atoms with van der Waals surface area (Å²) in [5, 5.41) is 0. The molecule has 1 unspecified atom stereocenters. The van der Waals surface area contributed by atoms with Crippen molar-refractivity contribution >= 4 is 7.28 Å². The molecule has 2 atom stereocenters. The van der Waals surface area contributed by atoms with Crippen molar-refractivity contribution in [2.75, 3.05) is 0 Å². The summed E-state index contributed by atoms with van der Waals surface area (Å²) in [5.41, 5.74) is 0. The van der Waals surface area contributed by atoms with Crippen LogP contribution in [0.25, 0.3) is 0 Å². The van der Waals surface area contributed by atoms with E-state index in [2.05, 4.69) is 6.58 Å². The number of hydrogen-bond donors (Lipinski definition) is 0. The molecule has 0 spiro atoms. The van der Waals surface area contributed by atoms with Gasteiger partial charge in [0.25, 0.3) is 0 Å². The highest BCUT2D eigenvalue weighted by Crippen LogP contribution is 2.32. The zero-order valence-corrected chi connectivity index (χ0v) is 9.61. The van der Waals surface area contributed by atoms with E-state index < -0.39 is 12.1 Å². The van der Waals surface area contributed by atoms with Crippen LogP contribution in [0.5, 0.6) is 0 Å². The molecule has 4 heteroatoms. The molecule has 0 amide bonds. The number of hydrogen-bond acceptors (Lipinski definition) is 0. The Morgan fingerprint density at radius 2 is 1.87 bits per heavy atom. The lowest BCUT2D eigenvalue weighted by Gasteiger charge is -2.18. The van der Waals surface area contributed by atoms with Crippen molar-refractivity contribution in [3.63, 3.8) is 0 Å². The largest absolute Gasteiger partial charge is 0.391 e. The molecule has 0 saturated carbocycles. The first kappa shape index (κ1) is 14.6. The molecule has 0 heterocycles. The van der Waals surface area contributed by atoms with Crippen molar-refractivity contribution in [1.29, 1.82) is 0 Å². The molecule has 0 radical (unpaired) electrons. The Morgan fingerprint density at radius 3 is 2.27 bits per heavy atom. The van der Waals surface area contributed by atoms with E-state index in [1.165, 1.54) is 6.92 Å². The normalized spacial score (nSPS) is 15.8. The quantitative estimate of drug-likeness (QED) is 0.445. The van der Waals surface area contributed by atoms with Crippen LogP contribution in [-0.4, -0.2) is 13.5 Å². The predicted molar refractivity (Wildman–Crippen MR) is 60.6 cm³/mol. The molecule has 0 aromatic carbocycles. The lowest BCUT2D eigenvalue weighted by molar-refractivity contribution is -0.171. The van der Waals surface area contributed by atoms with Crippen LogP contribution in [0.4, 0.5) is 13.2 Å². The third kappa shape index (κ3) is 6.64. The van der Waals surface area contributed by atoms with Crippen LogP contribution in [0, 0.1) is 5.92 Å². The maximum Gasteiger partial charge on any atom is 0.391 e. The predicted octanol–water partition coefficient (Wildman–Crippen LogP) is 4.20. The first-order valence-corrected chi connectivity index (χ1v) is 5.59. The van der Waals surface area contributed by atoms with Crippen LogP contribution >= 0.6 is 0 Å². The third-order valence-corrected chi connectivity index (χ3v) is 2.92. The zero-order chi connectivity index (χ0) is 11.9. The summed E-state index contributed by atoms with van der Waals surface area (Å²) in [6.07, 6.45) is 0.584. The van der Waals surface area contributed by atoms with Crippen LogP contribution in [0.1, 0.15) is 32.6 Å². The van der Waals surface area contributed by atoms with E-state index in [0.29, 0.717) is 12.2 Å². The average molecular weight is 220 g/mol. The standard InChI is InChI=1S/C11H20BF3/c1-4-5-6-10(12-3)8-7-9(2)11(13,14)15/h4,9-10,12H,1,5-8H2,2-3H3/t9-,10?/m1/s1. The second-order valence-corrected chi connectivity index (χ2v) is 4.16. The maximum atomic E-state index is 12.2. The fourth-order valence-corrected chi connectivity index (χ4v) is 1.56. The van der Waals surface area contributed by atoms with Gasteiger partial charge in [-0.25, -0.2) is 0 Å². The monoisotopic (exact) mass is 220 g/mol. The van der Waals surface area contributed by atoms with Gasteiger partial charge in [0.15, 0.2) is 0 Å². The molecule has 88 valence electrons. The molecule has 0 rings (SSSR count). The minimum absolute atomic E-state index is 0.249. The summed E-state index contributed by atoms with van der Waals surface area (Å²) in [5.74, 6) is -0.761. The van der Waals surface area contributed by atoms with Gasteiger partial charge in [0.1, 0.15) is 7.28 Å². The van der Waals surface area contributed by atoms with Crippen LogP contribution in [0.3, 0.4) is 0 Å². The summed E-state index contributed by atoms with van der Waals surface area (Å²) in [6, 6.07) is 0. The number of alkyl halides is 3. The number of rotatable bonds is 7. The molecule has 0 saturated heterocycles. The van der Waals surface area contributed by atoms with Crippen molar-refractivity contribution in [2.45, 2.75) is 51.4 Å². The molecule has 0 aromatic heterocycles. The molecule has 0 aliphatic heterocycles. The maximum absolute atomic E-state index is 12.2. The molecule has 0 aliphatic rings. The molecule has 0 aliphatic carbocycles. The summed E-state index contributed by atoms with van der Waals surface area (Å²) in [6.45, 7) is 6.92. The van der Waals surface area contributed by atoms with Gasteiger partial charge in [-0.05, 0) is 12.8 Å². The van der Waals surface area contributed by atoms with Crippen LogP contribution in [0.2, 0.25) is 12.6 Å². The molecule has 0 bridgehead atoms. The summed E-state index contributed by atoms with van der Waals surface area (Å²) < 4.78 is 36.7. The Bertz CT molecular complexity index is 177. The molecular weight excluding hydrogens is 200 g/mol. The third-order valence-electron chi connectivity index (χ3n) is 2.92.